The van der Waals surface area contributed by atoms with Crippen LogP contribution in [0.2, 0.25) is 0 Å². The molecular weight excluding hydrogens is 271 g/mol. The minimum Gasteiger partial charge on any atom is -1.00 e. The molecule has 2 rings (SSSR count). The van der Waals surface area contributed by atoms with E-state index in [2.05, 4.69) is 0 Å². The van der Waals surface area contributed by atoms with E-state index in [1.807, 2.05) is 44.2 Å². The summed E-state index contributed by atoms with van der Waals surface area (Å²) in [7, 11) is -3.53. The van der Waals surface area contributed by atoms with Crippen LogP contribution in [-0.4, -0.2) is 14.2 Å². The van der Waals surface area contributed by atoms with Gasteiger partial charge in [-0.2, -0.15) is 8.42 Å². The Labute approximate surface area is 137 Å². The van der Waals surface area contributed by atoms with Gasteiger partial charge in [-0.25, -0.2) is 0 Å². The zero-order chi connectivity index (χ0) is 13.2. The Balaban J connectivity index is 0.00000180. The third-order valence-electron chi connectivity index (χ3n) is 2.50. The van der Waals surface area contributed by atoms with Crippen molar-refractivity contribution >= 4 is 20.9 Å². The molecule has 0 aliphatic rings. The Kier molecular flexibility index (Phi) is 5.86. The number of rotatable bonds is 4. The molecule has 0 N–H and O–H groups in total. The average molecular weight is 288 g/mol. The minimum absolute atomic E-state index is 0. The monoisotopic (exact) mass is 288 g/mol. The topological polar surface area (TPSA) is 43.4 Å². The van der Waals surface area contributed by atoms with E-state index in [0.29, 0.717) is 5.75 Å². The zero-order valence-corrected chi connectivity index (χ0v) is 14.3. The van der Waals surface area contributed by atoms with Crippen molar-refractivity contribution in [3.8, 4) is 5.75 Å². The summed E-state index contributed by atoms with van der Waals surface area (Å²) in [5.74, 6) is 0.467. The molecule has 5 heteroatoms. The van der Waals surface area contributed by atoms with Crippen LogP contribution in [0.3, 0.4) is 0 Å². The summed E-state index contributed by atoms with van der Waals surface area (Å²) in [5.41, 5.74) is 0. The van der Waals surface area contributed by atoms with Crippen molar-refractivity contribution in [3.05, 3.63) is 42.5 Å². The normalized spacial score (nSPS) is 11.3. The summed E-state index contributed by atoms with van der Waals surface area (Å²) in [6, 6.07) is 13.0. The number of hydrogen-bond acceptors (Lipinski definition) is 3. The van der Waals surface area contributed by atoms with Gasteiger partial charge in [0, 0.05) is 5.39 Å². The fraction of sp³-hybridized carbons (Fsp3) is 0.286. The molecule has 0 unspecified atom stereocenters. The Morgan fingerprint density at radius 2 is 1.74 bits per heavy atom. The molecule has 0 heterocycles. The molecule has 0 spiro atoms. The van der Waals surface area contributed by atoms with Crippen molar-refractivity contribution in [2.75, 3.05) is 5.75 Å². The third-order valence-corrected chi connectivity index (χ3v) is 4.01. The second-order valence-corrected chi connectivity index (χ2v) is 6.29. The molecule has 98 valence electrons. The minimum atomic E-state index is -3.53. The van der Waals surface area contributed by atoms with E-state index in [9.17, 15) is 8.42 Å². The van der Waals surface area contributed by atoms with Gasteiger partial charge < -0.3 is 5.61 Å². The van der Waals surface area contributed by atoms with Gasteiger partial charge in [-0.1, -0.05) is 50.2 Å². The van der Waals surface area contributed by atoms with Gasteiger partial charge in [0.05, 0.1) is 5.75 Å². The maximum Gasteiger partial charge on any atom is 1.00 e. The Morgan fingerprint density at radius 1 is 1.11 bits per heavy atom. The van der Waals surface area contributed by atoms with Crippen molar-refractivity contribution < 1.29 is 43.6 Å². The first-order chi connectivity index (χ1) is 8.48. The van der Waals surface area contributed by atoms with Crippen molar-refractivity contribution in [2.24, 2.45) is 5.92 Å². The number of hydrogen-bond donors (Lipinski definition) is 0. The Bertz CT molecular complexity index is 651. The summed E-state index contributed by atoms with van der Waals surface area (Å²) in [6.45, 7) is 3.70. The predicted molar refractivity (Wildman–Crippen MR) is 74.3 cm³/mol. The van der Waals surface area contributed by atoms with E-state index < -0.39 is 10.1 Å². The second kappa shape index (κ2) is 6.75. The van der Waals surface area contributed by atoms with Crippen LogP contribution in [0.15, 0.2) is 42.5 Å². The molecule has 0 saturated heterocycles. The van der Waals surface area contributed by atoms with Crippen molar-refractivity contribution in [1.29, 1.82) is 0 Å². The molecule has 0 fully saturated rings. The second-order valence-electron chi connectivity index (χ2n) is 4.68. The van der Waals surface area contributed by atoms with Crippen LogP contribution in [0.25, 0.3) is 10.8 Å². The first kappa shape index (κ1) is 16.5. The van der Waals surface area contributed by atoms with E-state index in [1.54, 1.807) is 12.1 Å². The maximum absolute atomic E-state index is 11.8. The van der Waals surface area contributed by atoms with E-state index in [0.717, 1.165) is 10.8 Å². The van der Waals surface area contributed by atoms with E-state index in [4.69, 9.17) is 4.18 Å². The van der Waals surface area contributed by atoms with Gasteiger partial charge >= 0.3 is 39.7 Å². The Hall–Kier alpha value is -0.550. The van der Waals surface area contributed by atoms with Gasteiger partial charge in [0.15, 0.2) is 0 Å². The van der Waals surface area contributed by atoms with Gasteiger partial charge in [0.25, 0.3) is 0 Å². The van der Waals surface area contributed by atoms with Crippen LogP contribution < -0.4 is 33.7 Å². The summed E-state index contributed by atoms with van der Waals surface area (Å²) in [6.07, 6.45) is 0. The van der Waals surface area contributed by atoms with Crippen LogP contribution in [0.1, 0.15) is 15.3 Å². The molecule has 2 aromatic carbocycles. The van der Waals surface area contributed by atoms with Gasteiger partial charge in [0.1, 0.15) is 5.75 Å². The number of fused-ring (bicyclic) bond motifs is 1. The molecule has 19 heavy (non-hydrogen) atoms. The van der Waals surface area contributed by atoms with E-state index in [1.165, 1.54) is 0 Å². The van der Waals surface area contributed by atoms with Crippen LogP contribution >= 0.6 is 0 Å². The van der Waals surface area contributed by atoms with Crippen molar-refractivity contribution in [2.45, 2.75) is 13.8 Å². The van der Waals surface area contributed by atoms with Gasteiger partial charge in [-0.3, -0.25) is 0 Å². The third kappa shape index (κ3) is 4.49. The van der Waals surface area contributed by atoms with Gasteiger partial charge in [0.2, 0.25) is 0 Å². The zero-order valence-electron chi connectivity index (χ0n) is 12.5. The fourth-order valence-electron chi connectivity index (χ4n) is 1.85. The first-order valence-electron chi connectivity index (χ1n) is 5.88. The fourth-order valence-corrected chi connectivity index (χ4v) is 3.15. The summed E-state index contributed by atoms with van der Waals surface area (Å²) >= 11 is 0. The molecular formula is C14H17NaO3S. The maximum atomic E-state index is 11.8. The van der Waals surface area contributed by atoms with Crippen LogP contribution in [-0.2, 0) is 10.1 Å². The van der Waals surface area contributed by atoms with Crippen molar-refractivity contribution in [1.82, 2.24) is 0 Å². The summed E-state index contributed by atoms with van der Waals surface area (Å²) < 4.78 is 28.9. The molecule has 0 aromatic heterocycles. The van der Waals surface area contributed by atoms with Crippen LogP contribution in [0.4, 0.5) is 0 Å². The molecule has 0 aliphatic carbocycles. The van der Waals surface area contributed by atoms with Crippen molar-refractivity contribution in [3.63, 3.8) is 0 Å². The largest absolute Gasteiger partial charge is 1.00 e. The standard InChI is InChI=1S/C14H16O3S.Na.H/c1-11(2)10-18(15,16)17-14-9-5-7-12-6-3-4-8-13(12)14;;/h3-9,11H,10H2,1-2H3;;/q;+1;-1. The van der Waals surface area contributed by atoms with Gasteiger partial charge in [-0.05, 0) is 17.4 Å². The smallest absolute Gasteiger partial charge is 1.00 e. The molecule has 0 radical (unpaired) electrons. The van der Waals surface area contributed by atoms with E-state index in [-0.39, 0.29) is 42.7 Å². The summed E-state index contributed by atoms with van der Waals surface area (Å²) in [5, 5.41) is 1.78. The first-order valence-corrected chi connectivity index (χ1v) is 7.45. The Morgan fingerprint density at radius 3 is 2.42 bits per heavy atom. The molecule has 0 bridgehead atoms. The van der Waals surface area contributed by atoms with Crippen LogP contribution in [0.5, 0.6) is 5.75 Å². The number of benzene rings is 2. The van der Waals surface area contributed by atoms with Gasteiger partial charge in [-0.15, -0.1) is 0 Å². The molecule has 0 amide bonds. The molecule has 3 nitrogen and oxygen atoms in total. The van der Waals surface area contributed by atoms with E-state index >= 15 is 0 Å². The predicted octanol–water partition coefficient (Wildman–Crippen LogP) is 0.321. The quantitative estimate of drug-likeness (QED) is 0.601. The SMILES string of the molecule is CC(C)CS(=O)(=O)Oc1cccc2ccccc12.[H-].[Na+]. The molecule has 0 aliphatic heterocycles. The van der Waals surface area contributed by atoms with Crippen LogP contribution in [0, 0.1) is 5.92 Å². The molecule has 0 atom stereocenters. The summed E-state index contributed by atoms with van der Waals surface area (Å²) in [4.78, 5) is 0. The average Bonchev–Trinajstić information content (AvgIpc) is 2.27. The molecule has 0 saturated carbocycles. The molecule has 2 aromatic rings.